The highest BCUT2D eigenvalue weighted by Crippen LogP contribution is 2.38. The molecule has 0 saturated heterocycles. The Morgan fingerprint density at radius 1 is 1.05 bits per heavy atom. The number of methoxy groups -OCH3 is 3. The van der Waals surface area contributed by atoms with Crippen molar-refractivity contribution in [3.63, 3.8) is 0 Å². The molecule has 5 heteroatoms. The van der Waals surface area contributed by atoms with Crippen LogP contribution in [0, 0.1) is 0 Å². The maximum absolute atomic E-state index is 12.0. The van der Waals surface area contributed by atoms with E-state index >= 15 is 0 Å². The summed E-state index contributed by atoms with van der Waals surface area (Å²) in [5.74, 6) is 1.24. The van der Waals surface area contributed by atoms with Crippen LogP contribution in [0.5, 0.6) is 17.2 Å². The minimum Gasteiger partial charge on any atom is -0.493 e. The van der Waals surface area contributed by atoms with Crippen LogP contribution in [-0.4, -0.2) is 39.8 Å². The van der Waals surface area contributed by atoms with Crippen LogP contribution in [0.2, 0.25) is 0 Å². The van der Waals surface area contributed by atoms with Crippen LogP contribution in [-0.2, 0) is 4.74 Å². The summed E-state index contributed by atoms with van der Waals surface area (Å²) in [5.41, 5.74) is 0.468. The number of hydrogen-bond acceptors (Lipinski definition) is 5. The summed E-state index contributed by atoms with van der Waals surface area (Å²) in [5, 5.41) is 0. The molecule has 0 aromatic heterocycles. The highest BCUT2D eigenvalue weighted by Gasteiger charge is 2.17. The van der Waals surface area contributed by atoms with Crippen LogP contribution >= 0.6 is 0 Å². The molecule has 0 saturated carbocycles. The minimum absolute atomic E-state index is 0.00555. The van der Waals surface area contributed by atoms with E-state index < -0.39 is 0 Å². The largest absolute Gasteiger partial charge is 0.493 e. The zero-order valence-corrected chi connectivity index (χ0v) is 12.0. The van der Waals surface area contributed by atoms with Crippen molar-refractivity contribution < 1.29 is 23.7 Å². The van der Waals surface area contributed by atoms with Crippen molar-refractivity contribution in [2.45, 2.75) is 20.0 Å². The summed E-state index contributed by atoms with van der Waals surface area (Å²) in [4.78, 5) is 12.0. The lowest BCUT2D eigenvalue weighted by Crippen LogP contribution is -2.13. The molecule has 0 bridgehead atoms. The van der Waals surface area contributed by atoms with E-state index in [2.05, 4.69) is 0 Å². The Hall–Kier alpha value is -1.75. The predicted octanol–water partition coefficient (Wildman–Crippen LogP) is 2.32. The molecule has 0 aliphatic rings. The SMILES string of the molecule is COc1cc(C(=O)COC(C)C)cc(OC)c1OC. The number of ether oxygens (including phenoxy) is 4. The summed E-state index contributed by atoms with van der Waals surface area (Å²) in [6.07, 6.45) is 0.00555. The van der Waals surface area contributed by atoms with Gasteiger partial charge in [0.1, 0.15) is 6.61 Å². The first-order chi connectivity index (χ1) is 9.03. The zero-order valence-electron chi connectivity index (χ0n) is 12.0. The van der Waals surface area contributed by atoms with Gasteiger partial charge in [-0.15, -0.1) is 0 Å². The normalized spacial score (nSPS) is 10.4. The van der Waals surface area contributed by atoms with E-state index in [-0.39, 0.29) is 18.5 Å². The van der Waals surface area contributed by atoms with Crippen molar-refractivity contribution in [1.82, 2.24) is 0 Å². The van der Waals surface area contributed by atoms with E-state index in [1.165, 1.54) is 21.3 Å². The Balaban J connectivity index is 3.05. The monoisotopic (exact) mass is 268 g/mol. The molecule has 106 valence electrons. The molecular weight excluding hydrogens is 248 g/mol. The standard InChI is InChI=1S/C14H20O5/c1-9(2)19-8-11(15)10-6-12(16-3)14(18-5)13(7-10)17-4/h6-7,9H,8H2,1-5H3. The first-order valence-electron chi connectivity index (χ1n) is 5.98. The molecule has 0 radical (unpaired) electrons. The lowest BCUT2D eigenvalue weighted by atomic mass is 10.1. The van der Waals surface area contributed by atoms with Gasteiger partial charge in [0, 0.05) is 5.56 Å². The molecule has 1 aromatic rings. The maximum Gasteiger partial charge on any atom is 0.203 e. The highest BCUT2D eigenvalue weighted by molar-refractivity contribution is 5.98. The molecule has 0 heterocycles. The average molecular weight is 268 g/mol. The fourth-order valence-corrected chi connectivity index (χ4v) is 1.57. The Kier molecular flexibility index (Phi) is 5.63. The maximum atomic E-state index is 12.0. The Bertz CT molecular complexity index is 414. The Morgan fingerprint density at radius 3 is 1.95 bits per heavy atom. The lowest BCUT2D eigenvalue weighted by Gasteiger charge is -2.14. The van der Waals surface area contributed by atoms with Crippen LogP contribution in [0.15, 0.2) is 12.1 Å². The van der Waals surface area contributed by atoms with Gasteiger partial charge >= 0.3 is 0 Å². The summed E-state index contributed by atoms with van der Waals surface area (Å²) in [7, 11) is 4.54. The number of carbonyl (C=O) groups is 1. The molecule has 0 fully saturated rings. The van der Waals surface area contributed by atoms with Crippen molar-refractivity contribution in [3.8, 4) is 17.2 Å². The molecule has 0 N–H and O–H groups in total. The van der Waals surface area contributed by atoms with E-state index in [1.807, 2.05) is 13.8 Å². The molecule has 19 heavy (non-hydrogen) atoms. The van der Waals surface area contributed by atoms with Crippen molar-refractivity contribution in [3.05, 3.63) is 17.7 Å². The van der Waals surface area contributed by atoms with E-state index in [0.717, 1.165) is 0 Å². The zero-order chi connectivity index (χ0) is 14.4. The quantitative estimate of drug-likeness (QED) is 0.710. The fourth-order valence-electron chi connectivity index (χ4n) is 1.57. The van der Waals surface area contributed by atoms with Gasteiger partial charge in [0.2, 0.25) is 5.75 Å². The van der Waals surface area contributed by atoms with Gasteiger partial charge in [0.15, 0.2) is 17.3 Å². The van der Waals surface area contributed by atoms with Crippen LogP contribution in [0.1, 0.15) is 24.2 Å². The number of rotatable bonds is 7. The molecule has 0 spiro atoms. The van der Waals surface area contributed by atoms with E-state index in [4.69, 9.17) is 18.9 Å². The Morgan fingerprint density at radius 2 is 1.58 bits per heavy atom. The number of carbonyl (C=O) groups excluding carboxylic acids is 1. The molecule has 5 nitrogen and oxygen atoms in total. The van der Waals surface area contributed by atoms with E-state index in [1.54, 1.807) is 12.1 Å². The summed E-state index contributed by atoms with van der Waals surface area (Å²) < 4.78 is 20.9. The summed E-state index contributed by atoms with van der Waals surface area (Å²) in [6.45, 7) is 3.78. The minimum atomic E-state index is -0.132. The first kappa shape index (κ1) is 15.3. The van der Waals surface area contributed by atoms with Crippen molar-refractivity contribution in [1.29, 1.82) is 0 Å². The van der Waals surface area contributed by atoms with Crippen molar-refractivity contribution in [2.24, 2.45) is 0 Å². The molecular formula is C14H20O5. The van der Waals surface area contributed by atoms with Crippen LogP contribution < -0.4 is 14.2 Å². The second-order valence-corrected chi connectivity index (χ2v) is 4.20. The van der Waals surface area contributed by atoms with Crippen LogP contribution in [0.25, 0.3) is 0 Å². The number of hydrogen-bond donors (Lipinski definition) is 0. The van der Waals surface area contributed by atoms with Gasteiger partial charge in [-0.25, -0.2) is 0 Å². The van der Waals surface area contributed by atoms with Gasteiger partial charge in [0.25, 0.3) is 0 Å². The van der Waals surface area contributed by atoms with Crippen LogP contribution in [0.4, 0.5) is 0 Å². The summed E-state index contributed by atoms with van der Waals surface area (Å²) >= 11 is 0. The topological polar surface area (TPSA) is 54.0 Å². The smallest absolute Gasteiger partial charge is 0.203 e. The third-order valence-electron chi connectivity index (χ3n) is 2.53. The van der Waals surface area contributed by atoms with Gasteiger partial charge in [-0.3, -0.25) is 4.79 Å². The number of ketones is 1. The molecule has 1 rings (SSSR count). The van der Waals surface area contributed by atoms with Crippen LogP contribution in [0.3, 0.4) is 0 Å². The second-order valence-electron chi connectivity index (χ2n) is 4.20. The molecule has 0 aliphatic heterocycles. The highest BCUT2D eigenvalue weighted by atomic mass is 16.5. The van der Waals surface area contributed by atoms with Gasteiger partial charge in [-0.2, -0.15) is 0 Å². The molecule has 0 atom stereocenters. The molecule has 0 unspecified atom stereocenters. The first-order valence-corrected chi connectivity index (χ1v) is 5.98. The second kappa shape index (κ2) is 6.99. The molecule has 1 aromatic carbocycles. The lowest BCUT2D eigenvalue weighted by molar-refractivity contribution is 0.0584. The average Bonchev–Trinajstić information content (AvgIpc) is 2.42. The van der Waals surface area contributed by atoms with E-state index in [9.17, 15) is 4.79 Å². The van der Waals surface area contributed by atoms with Gasteiger partial charge in [-0.1, -0.05) is 0 Å². The van der Waals surface area contributed by atoms with E-state index in [0.29, 0.717) is 22.8 Å². The predicted molar refractivity (Wildman–Crippen MR) is 71.5 cm³/mol. The summed E-state index contributed by atoms with van der Waals surface area (Å²) in [6, 6.07) is 3.24. The third kappa shape index (κ3) is 3.86. The number of benzene rings is 1. The fraction of sp³-hybridized carbons (Fsp3) is 0.500. The molecule has 0 aliphatic carbocycles. The third-order valence-corrected chi connectivity index (χ3v) is 2.53. The molecule has 0 amide bonds. The van der Waals surface area contributed by atoms with Gasteiger partial charge in [-0.05, 0) is 26.0 Å². The number of Topliss-reactive ketones (excluding diaryl/α,β-unsaturated/α-hetero) is 1. The van der Waals surface area contributed by atoms with Gasteiger partial charge in [0.05, 0.1) is 27.4 Å². The van der Waals surface area contributed by atoms with Gasteiger partial charge < -0.3 is 18.9 Å². The van der Waals surface area contributed by atoms with Crippen molar-refractivity contribution >= 4 is 5.78 Å². The Labute approximate surface area is 113 Å². The van der Waals surface area contributed by atoms with Crippen molar-refractivity contribution in [2.75, 3.05) is 27.9 Å².